The van der Waals surface area contributed by atoms with Crippen LogP contribution < -0.4 is 5.32 Å². The van der Waals surface area contributed by atoms with Gasteiger partial charge in [-0.3, -0.25) is 4.98 Å². The molecule has 0 spiro atoms. The van der Waals surface area contributed by atoms with Gasteiger partial charge in [0.1, 0.15) is 0 Å². The van der Waals surface area contributed by atoms with E-state index in [0.29, 0.717) is 11.8 Å². The SMILES string of the molecule is Cc1ccc2c(c1Br)CCc1cc(Br)cnc1[C@@H]2C1CCNCC1. The number of nitrogens with zero attached hydrogens (tertiary/aromatic N) is 1. The molecule has 0 unspecified atom stereocenters. The summed E-state index contributed by atoms with van der Waals surface area (Å²) < 4.78 is 2.39. The van der Waals surface area contributed by atoms with E-state index < -0.39 is 0 Å². The van der Waals surface area contributed by atoms with Crippen molar-refractivity contribution < 1.29 is 0 Å². The molecule has 24 heavy (non-hydrogen) atoms. The highest BCUT2D eigenvalue weighted by molar-refractivity contribution is 9.10. The quantitative estimate of drug-likeness (QED) is 0.651. The van der Waals surface area contributed by atoms with Gasteiger partial charge in [0.15, 0.2) is 0 Å². The summed E-state index contributed by atoms with van der Waals surface area (Å²) >= 11 is 7.48. The fraction of sp³-hybridized carbons (Fsp3) is 0.450. The van der Waals surface area contributed by atoms with Crippen molar-refractivity contribution in [3.05, 3.63) is 61.3 Å². The van der Waals surface area contributed by atoms with Gasteiger partial charge in [-0.2, -0.15) is 0 Å². The van der Waals surface area contributed by atoms with Gasteiger partial charge in [-0.1, -0.05) is 28.1 Å². The highest BCUT2D eigenvalue weighted by Crippen LogP contribution is 2.44. The van der Waals surface area contributed by atoms with Gasteiger partial charge in [0.2, 0.25) is 0 Å². The minimum Gasteiger partial charge on any atom is -0.317 e. The average molecular weight is 450 g/mol. The third-order valence-corrected chi connectivity index (χ3v) is 7.11. The summed E-state index contributed by atoms with van der Waals surface area (Å²) in [6.07, 6.45) is 6.59. The number of pyridine rings is 1. The lowest BCUT2D eigenvalue weighted by Gasteiger charge is -2.32. The second-order valence-electron chi connectivity index (χ2n) is 7.03. The second kappa shape index (κ2) is 6.89. The molecule has 1 atom stereocenters. The van der Waals surface area contributed by atoms with E-state index in [-0.39, 0.29) is 0 Å². The monoisotopic (exact) mass is 448 g/mol. The summed E-state index contributed by atoms with van der Waals surface area (Å²) in [6.45, 7) is 4.43. The lowest BCUT2D eigenvalue weighted by Crippen LogP contribution is -2.32. The number of rotatable bonds is 1. The van der Waals surface area contributed by atoms with Crippen molar-refractivity contribution in [3.8, 4) is 0 Å². The van der Waals surface area contributed by atoms with Crippen molar-refractivity contribution >= 4 is 31.9 Å². The van der Waals surface area contributed by atoms with Crippen LogP contribution in [-0.4, -0.2) is 18.1 Å². The van der Waals surface area contributed by atoms with Crippen molar-refractivity contribution in [3.63, 3.8) is 0 Å². The molecule has 4 rings (SSSR count). The van der Waals surface area contributed by atoms with Crippen LogP contribution in [0.1, 0.15) is 46.7 Å². The van der Waals surface area contributed by atoms with Crippen LogP contribution in [0.25, 0.3) is 0 Å². The largest absolute Gasteiger partial charge is 0.317 e. The molecule has 1 fully saturated rings. The van der Waals surface area contributed by atoms with E-state index in [1.807, 2.05) is 6.20 Å². The number of piperidine rings is 1. The molecule has 0 bridgehead atoms. The zero-order chi connectivity index (χ0) is 16.7. The van der Waals surface area contributed by atoms with Crippen LogP contribution in [0.4, 0.5) is 0 Å². The molecule has 1 aromatic carbocycles. The Hall–Kier alpha value is -0.710. The lowest BCUT2D eigenvalue weighted by molar-refractivity contribution is 0.338. The molecule has 126 valence electrons. The minimum absolute atomic E-state index is 0.421. The van der Waals surface area contributed by atoms with Crippen LogP contribution in [0.15, 0.2) is 33.3 Å². The van der Waals surface area contributed by atoms with Crippen LogP contribution in [0, 0.1) is 12.8 Å². The lowest BCUT2D eigenvalue weighted by atomic mass is 9.76. The predicted molar refractivity (Wildman–Crippen MR) is 106 cm³/mol. The van der Waals surface area contributed by atoms with E-state index in [0.717, 1.165) is 30.4 Å². The van der Waals surface area contributed by atoms with Gasteiger partial charge in [-0.05, 0) is 95.9 Å². The fourth-order valence-electron chi connectivity index (χ4n) is 4.33. The Kier molecular flexibility index (Phi) is 4.81. The molecule has 0 amide bonds. The van der Waals surface area contributed by atoms with Crippen LogP contribution >= 0.6 is 31.9 Å². The molecular formula is C20H22Br2N2. The van der Waals surface area contributed by atoms with E-state index >= 15 is 0 Å². The van der Waals surface area contributed by atoms with Crippen LogP contribution in [0.2, 0.25) is 0 Å². The maximum atomic E-state index is 4.90. The maximum absolute atomic E-state index is 4.90. The molecular weight excluding hydrogens is 428 g/mol. The average Bonchev–Trinajstić information content (AvgIpc) is 2.76. The van der Waals surface area contributed by atoms with Crippen LogP contribution in [0.5, 0.6) is 0 Å². The summed E-state index contributed by atoms with van der Waals surface area (Å²) in [5.74, 6) is 1.09. The molecule has 1 aliphatic carbocycles. The van der Waals surface area contributed by atoms with E-state index in [1.54, 1.807) is 0 Å². The van der Waals surface area contributed by atoms with Crippen molar-refractivity contribution in [2.24, 2.45) is 5.92 Å². The highest BCUT2D eigenvalue weighted by atomic mass is 79.9. The topological polar surface area (TPSA) is 24.9 Å². The second-order valence-corrected chi connectivity index (χ2v) is 8.74. The van der Waals surface area contributed by atoms with E-state index in [1.165, 1.54) is 45.3 Å². The number of aryl methyl sites for hydroxylation is 2. The Morgan fingerprint density at radius 3 is 2.71 bits per heavy atom. The molecule has 1 aromatic heterocycles. The summed E-state index contributed by atoms with van der Waals surface area (Å²) in [5.41, 5.74) is 7.03. The standard InChI is InChI=1S/C20H22Br2N2/c1-12-2-4-16-17(19(12)22)5-3-14-10-15(21)11-24-20(14)18(16)13-6-8-23-9-7-13/h2,4,10-11,13,18,23H,3,5-9H2,1H3/t18-/m1/s1. The maximum Gasteiger partial charge on any atom is 0.0514 e. The summed E-state index contributed by atoms with van der Waals surface area (Å²) in [7, 11) is 0. The van der Waals surface area contributed by atoms with Crippen molar-refractivity contribution in [2.75, 3.05) is 13.1 Å². The highest BCUT2D eigenvalue weighted by Gasteiger charge is 2.33. The zero-order valence-electron chi connectivity index (χ0n) is 13.9. The number of benzene rings is 1. The fourth-order valence-corrected chi connectivity index (χ4v) is 5.27. The summed E-state index contributed by atoms with van der Waals surface area (Å²) in [6, 6.07) is 6.91. The summed E-state index contributed by atoms with van der Waals surface area (Å²) in [4.78, 5) is 4.90. The van der Waals surface area contributed by atoms with E-state index in [4.69, 9.17) is 4.98 Å². The third-order valence-electron chi connectivity index (χ3n) is 5.57. The molecule has 2 heterocycles. The molecule has 0 saturated carbocycles. The van der Waals surface area contributed by atoms with Crippen molar-refractivity contribution in [2.45, 2.75) is 38.5 Å². The van der Waals surface area contributed by atoms with Crippen molar-refractivity contribution in [1.29, 1.82) is 0 Å². The van der Waals surface area contributed by atoms with Gasteiger partial charge < -0.3 is 5.32 Å². The van der Waals surface area contributed by atoms with E-state index in [9.17, 15) is 0 Å². The van der Waals surface area contributed by atoms with Crippen molar-refractivity contribution in [1.82, 2.24) is 10.3 Å². The smallest absolute Gasteiger partial charge is 0.0514 e. The number of hydrogen-bond acceptors (Lipinski definition) is 2. The number of hydrogen-bond donors (Lipinski definition) is 1. The van der Waals surface area contributed by atoms with Gasteiger partial charge in [0, 0.05) is 21.1 Å². The Morgan fingerprint density at radius 1 is 1.12 bits per heavy atom. The molecule has 2 aromatic rings. The molecule has 2 nitrogen and oxygen atoms in total. The van der Waals surface area contributed by atoms with Gasteiger partial charge in [0.25, 0.3) is 0 Å². The zero-order valence-corrected chi connectivity index (χ0v) is 17.1. The molecule has 1 saturated heterocycles. The van der Waals surface area contributed by atoms with Gasteiger partial charge in [-0.15, -0.1) is 0 Å². The number of halogens is 2. The Balaban J connectivity index is 1.90. The van der Waals surface area contributed by atoms with Gasteiger partial charge in [0.05, 0.1) is 5.69 Å². The molecule has 1 N–H and O–H groups in total. The Labute approximate surface area is 160 Å². The number of nitrogens with one attached hydrogen (secondary N) is 1. The first kappa shape index (κ1) is 16.7. The van der Waals surface area contributed by atoms with Gasteiger partial charge >= 0.3 is 0 Å². The van der Waals surface area contributed by atoms with E-state index in [2.05, 4.69) is 62.3 Å². The van der Waals surface area contributed by atoms with Gasteiger partial charge in [-0.25, -0.2) is 0 Å². The first-order valence-electron chi connectivity index (χ1n) is 8.78. The molecule has 2 aliphatic rings. The normalized spacial score (nSPS) is 21.0. The molecule has 1 aliphatic heterocycles. The van der Waals surface area contributed by atoms with Crippen LogP contribution in [0.3, 0.4) is 0 Å². The number of fused-ring (bicyclic) bond motifs is 2. The minimum atomic E-state index is 0.421. The first-order chi connectivity index (χ1) is 11.6. The predicted octanol–water partition coefficient (Wildman–Crippen LogP) is 5.15. The third kappa shape index (κ3) is 2.97. The molecule has 0 radical (unpaired) electrons. The number of aromatic nitrogens is 1. The summed E-state index contributed by atoms with van der Waals surface area (Å²) in [5, 5.41) is 3.51. The Bertz CT molecular complexity index is 766. The molecule has 4 heteroatoms. The Morgan fingerprint density at radius 2 is 1.92 bits per heavy atom. The van der Waals surface area contributed by atoms with Crippen LogP contribution in [-0.2, 0) is 12.8 Å². The first-order valence-corrected chi connectivity index (χ1v) is 10.4.